The van der Waals surface area contributed by atoms with Crippen LogP contribution in [0, 0.1) is 24.2 Å². The average molecular weight is 510 g/mol. The van der Waals surface area contributed by atoms with Gasteiger partial charge in [-0.05, 0) is 37.3 Å². The number of thiophene rings is 1. The van der Waals surface area contributed by atoms with E-state index >= 15 is 0 Å². The zero-order chi connectivity index (χ0) is 25.5. The van der Waals surface area contributed by atoms with Crippen LogP contribution in [0.15, 0.2) is 35.8 Å². The highest BCUT2D eigenvalue weighted by atomic mass is 32.1. The van der Waals surface area contributed by atoms with Gasteiger partial charge in [0.05, 0.1) is 25.0 Å². The van der Waals surface area contributed by atoms with E-state index in [2.05, 4.69) is 42.4 Å². The van der Waals surface area contributed by atoms with Gasteiger partial charge >= 0.3 is 11.9 Å². The average Bonchev–Trinajstić information content (AvgIpc) is 3.44. The van der Waals surface area contributed by atoms with E-state index in [0.29, 0.717) is 31.9 Å². The Morgan fingerprint density at radius 3 is 2.54 bits per heavy atom. The summed E-state index contributed by atoms with van der Waals surface area (Å²) in [5.41, 5.74) is 4.05. The molecular formula is C26H27N3O4S2. The number of nitrogens with zero attached hydrogens (tertiary/aromatic N) is 2. The minimum Gasteiger partial charge on any atom is -0.465 e. The number of nitriles is 1. The van der Waals surface area contributed by atoms with Crippen LogP contribution in [-0.4, -0.2) is 30.6 Å². The minimum absolute atomic E-state index is 0.195. The molecule has 0 aliphatic heterocycles. The van der Waals surface area contributed by atoms with Gasteiger partial charge in [0.15, 0.2) is 0 Å². The van der Waals surface area contributed by atoms with Crippen LogP contribution in [0.25, 0.3) is 16.8 Å². The first-order valence-corrected chi connectivity index (χ1v) is 12.8. The first kappa shape index (κ1) is 26.1. The zero-order valence-electron chi connectivity index (χ0n) is 20.3. The molecule has 35 heavy (non-hydrogen) atoms. The molecular weight excluding hydrogens is 482 g/mol. The Morgan fingerprint density at radius 1 is 1.23 bits per heavy atom. The summed E-state index contributed by atoms with van der Waals surface area (Å²) in [6.07, 6.45) is 2.51. The number of nitrogens with one attached hydrogen (secondary N) is 1. The van der Waals surface area contributed by atoms with Crippen molar-refractivity contribution in [2.75, 3.05) is 19.0 Å². The Kier molecular flexibility index (Phi) is 8.79. The largest absolute Gasteiger partial charge is 0.465 e. The van der Waals surface area contributed by atoms with Crippen molar-refractivity contribution in [3.05, 3.63) is 62.4 Å². The smallest absolute Gasteiger partial charge is 0.348 e. The van der Waals surface area contributed by atoms with Gasteiger partial charge < -0.3 is 14.8 Å². The summed E-state index contributed by atoms with van der Waals surface area (Å²) in [7, 11) is 1.28. The van der Waals surface area contributed by atoms with Crippen LogP contribution in [0.4, 0.5) is 5.00 Å². The lowest BCUT2D eigenvalue weighted by Gasteiger charge is -2.05. The number of hydrogen-bond acceptors (Lipinski definition) is 9. The van der Waals surface area contributed by atoms with Gasteiger partial charge in [-0.1, -0.05) is 38.1 Å². The highest BCUT2D eigenvalue weighted by Gasteiger charge is 2.26. The van der Waals surface area contributed by atoms with Gasteiger partial charge in [0, 0.05) is 17.1 Å². The SMILES string of the molecule is CCOC(=O)c1c(N/C=C(/C#N)c2nc(-c3ccc(CC(C)C)cc3)cs2)sc(C(=O)OC)c1C. The molecule has 0 atom stereocenters. The van der Waals surface area contributed by atoms with Crippen LogP contribution < -0.4 is 5.32 Å². The maximum Gasteiger partial charge on any atom is 0.348 e. The van der Waals surface area contributed by atoms with Crippen LogP contribution in [-0.2, 0) is 15.9 Å². The predicted octanol–water partition coefficient (Wildman–Crippen LogP) is 6.32. The third kappa shape index (κ3) is 6.15. The lowest BCUT2D eigenvalue weighted by atomic mass is 10.0. The van der Waals surface area contributed by atoms with Crippen molar-refractivity contribution in [1.82, 2.24) is 4.98 Å². The van der Waals surface area contributed by atoms with Crippen molar-refractivity contribution in [1.29, 1.82) is 5.26 Å². The number of carbonyl (C=O) groups excluding carboxylic acids is 2. The maximum absolute atomic E-state index is 12.5. The van der Waals surface area contributed by atoms with E-state index in [0.717, 1.165) is 29.0 Å². The first-order chi connectivity index (χ1) is 16.8. The van der Waals surface area contributed by atoms with Gasteiger partial charge in [-0.3, -0.25) is 0 Å². The topological polar surface area (TPSA) is 101 Å². The lowest BCUT2D eigenvalue weighted by Crippen LogP contribution is -2.08. The van der Waals surface area contributed by atoms with E-state index in [9.17, 15) is 14.9 Å². The summed E-state index contributed by atoms with van der Waals surface area (Å²) in [6.45, 7) is 7.94. The highest BCUT2D eigenvalue weighted by molar-refractivity contribution is 7.18. The number of aromatic nitrogens is 1. The number of rotatable bonds is 9. The molecule has 2 aromatic heterocycles. The molecule has 0 saturated carbocycles. The molecule has 0 fully saturated rings. The molecule has 0 saturated heterocycles. The van der Waals surface area contributed by atoms with Crippen molar-refractivity contribution >= 4 is 45.2 Å². The second kappa shape index (κ2) is 11.8. The zero-order valence-corrected chi connectivity index (χ0v) is 21.9. The molecule has 0 amide bonds. The first-order valence-electron chi connectivity index (χ1n) is 11.1. The van der Waals surface area contributed by atoms with Gasteiger partial charge in [-0.2, -0.15) is 5.26 Å². The van der Waals surface area contributed by atoms with Gasteiger partial charge in [0.1, 0.15) is 26.5 Å². The second-order valence-corrected chi connectivity index (χ2v) is 10.00. The quantitative estimate of drug-likeness (QED) is 0.266. The molecule has 0 unspecified atom stereocenters. The predicted molar refractivity (Wildman–Crippen MR) is 140 cm³/mol. The monoisotopic (exact) mass is 509 g/mol. The molecule has 182 valence electrons. The Bertz CT molecular complexity index is 1280. The van der Waals surface area contributed by atoms with E-state index in [1.54, 1.807) is 13.8 Å². The fourth-order valence-corrected chi connectivity index (χ4v) is 5.32. The molecule has 0 spiro atoms. The molecule has 0 bridgehead atoms. The van der Waals surface area contributed by atoms with E-state index in [4.69, 9.17) is 9.47 Å². The number of ether oxygens (including phenoxy) is 2. The van der Waals surface area contributed by atoms with Crippen molar-refractivity contribution in [3.8, 4) is 17.3 Å². The molecule has 3 aromatic rings. The molecule has 9 heteroatoms. The summed E-state index contributed by atoms with van der Waals surface area (Å²) in [6, 6.07) is 10.4. The Hall–Kier alpha value is -3.48. The summed E-state index contributed by atoms with van der Waals surface area (Å²) in [4.78, 5) is 29.6. The fourth-order valence-electron chi connectivity index (χ4n) is 3.44. The number of benzene rings is 1. The third-order valence-corrected chi connectivity index (χ3v) is 7.17. The number of esters is 2. The number of thiazole rings is 1. The second-order valence-electron chi connectivity index (χ2n) is 8.12. The molecule has 7 nitrogen and oxygen atoms in total. The number of methoxy groups -OCH3 is 1. The number of hydrogen-bond donors (Lipinski definition) is 1. The summed E-state index contributed by atoms with van der Waals surface area (Å²) in [5, 5.41) is 15.6. The Labute approximate surface area is 213 Å². The number of anilines is 1. The van der Waals surface area contributed by atoms with Gasteiger partial charge in [0.25, 0.3) is 0 Å². The summed E-state index contributed by atoms with van der Waals surface area (Å²) < 4.78 is 9.98. The molecule has 2 heterocycles. The van der Waals surface area contributed by atoms with E-state index < -0.39 is 11.9 Å². The molecule has 1 aromatic carbocycles. The number of allylic oxidation sites excluding steroid dienone is 1. The Balaban J connectivity index is 1.88. The number of carbonyl (C=O) groups is 2. The summed E-state index contributed by atoms with van der Waals surface area (Å²) >= 11 is 2.43. The normalized spacial score (nSPS) is 11.3. The standard InChI is InChI=1S/C26H27N3O4S2/c1-6-33-25(30)21-16(4)22(26(31)32-5)35-24(21)28-13-19(12-27)23-29-20(14-34-23)18-9-7-17(8-10-18)11-15(2)3/h7-10,13-15,28H,6,11H2,1-5H3/b19-13-. The van der Waals surface area contributed by atoms with Crippen molar-refractivity contribution in [2.45, 2.75) is 34.1 Å². The third-order valence-electron chi connectivity index (χ3n) is 5.09. The molecule has 0 radical (unpaired) electrons. The lowest BCUT2D eigenvalue weighted by molar-refractivity contribution is 0.0527. The fraction of sp³-hybridized carbons (Fsp3) is 0.308. The maximum atomic E-state index is 12.5. The van der Waals surface area contributed by atoms with Crippen molar-refractivity contribution in [3.63, 3.8) is 0 Å². The van der Waals surface area contributed by atoms with Crippen LogP contribution >= 0.6 is 22.7 Å². The summed E-state index contributed by atoms with van der Waals surface area (Å²) in [5.74, 6) is -0.509. The van der Waals surface area contributed by atoms with Gasteiger partial charge in [0.2, 0.25) is 0 Å². The minimum atomic E-state index is -0.553. The van der Waals surface area contributed by atoms with E-state index in [1.807, 2.05) is 17.5 Å². The van der Waals surface area contributed by atoms with Crippen LogP contribution in [0.5, 0.6) is 0 Å². The van der Waals surface area contributed by atoms with Gasteiger partial charge in [-0.25, -0.2) is 14.6 Å². The Morgan fingerprint density at radius 2 is 1.94 bits per heavy atom. The highest BCUT2D eigenvalue weighted by Crippen LogP contribution is 2.35. The van der Waals surface area contributed by atoms with Crippen molar-refractivity contribution < 1.29 is 19.1 Å². The molecule has 3 rings (SSSR count). The van der Waals surface area contributed by atoms with Crippen LogP contribution in [0.3, 0.4) is 0 Å². The van der Waals surface area contributed by atoms with Crippen LogP contribution in [0.2, 0.25) is 0 Å². The molecule has 1 N–H and O–H groups in total. The molecule has 0 aliphatic carbocycles. The van der Waals surface area contributed by atoms with Crippen molar-refractivity contribution in [2.24, 2.45) is 5.92 Å². The van der Waals surface area contributed by atoms with E-state index in [-0.39, 0.29) is 12.2 Å². The van der Waals surface area contributed by atoms with Crippen LogP contribution in [0.1, 0.15) is 56.9 Å². The van der Waals surface area contributed by atoms with E-state index in [1.165, 1.54) is 30.2 Å². The molecule has 0 aliphatic rings. The van der Waals surface area contributed by atoms with Gasteiger partial charge in [-0.15, -0.1) is 22.7 Å².